The van der Waals surface area contributed by atoms with E-state index in [9.17, 15) is 0 Å². The van der Waals surface area contributed by atoms with Crippen LogP contribution in [0.3, 0.4) is 0 Å². The molecule has 1 heterocycles. The zero-order valence-electron chi connectivity index (χ0n) is 8.34. The molecule has 0 atom stereocenters. The number of nitrogens with two attached hydrogens (primary N) is 1. The highest BCUT2D eigenvalue weighted by Crippen LogP contribution is 2.19. The minimum atomic E-state index is 0.208. The van der Waals surface area contributed by atoms with Crippen LogP contribution in [0.4, 0.5) is 5.95 Å². The van der Waals surface area contributed by atoms with E-state index < -0.39 is 0 Å². The maximum absolute atomic E-state index is 5.51. The Morgan fingerprint density at radius 2 is 2.13 bits per heavy atom. The summed E-state index contributed by atoms with van der Waals surface area (Å²) in [5, 5.41) is 0. The molecule has 76 valence electrons. The molecule has 0 saturated carbocycles. The van der Waals surface area contributed by atoms with Gasteiger partial charge < -0.3 is 10.5 Å². The minimum Gasteiger partial charge on any atom is -0.439 e. The molecular formula is C11H11N3O. The van der Waals surface area contributed by atoms with Gasteiger partial charge in [0.25, 0.3) is 0 Å². The predicted molar refractivity (Wildman–Crippen MR) is 57.7 cm³/mol. The summed E-state index contributed by atoms with van der Waals surface area (Å²) in [6, 6.07) is 9.39. The topological polar surface area (TPSA) is 61.0 Å². The summed E-state index contributed by atoms with van der Waals surface area (Å²) in [5.41, 5.74) is 6.57. The predicted octanol–water partition coefficient (Wildman–Crippen LogP) is 2.16. The summed E-state index contributed by atoms with van der Waals surface area (Å²) < 4.78 is 5.51. The van der Waals surface area contributed by atoms with Crippen LogP contribution in [0.5, 0.6) is 11.6 Å². The third kappa shape index (κ3) is 2.43. The van der Waals surface area contributed by atoms with E-state index in [2.05, 4.69) is 9.97 Å². The lowest BCUT2D eigenvalue weighted by atomic mass is 10.2. The Morgan fingerprint density at radius 3 is 2.87 bits per heavy atom. The van der Waals surface area contributed by atoms with E-state index in [4.69, 9.17) is 10.5 Å². The van der Waals surface area contributed by atoms with Gasteiger partial charge in [-0.3, -0.25) is 0 Å². The minimum absolute atomic E-state index is 0.208. The van der Waals surface area contributed by atoms with Gasteiger partial charge in [-0.25, -0.2) is 4.98 Å². The van der Waals surface area contributed by atoms with Crippen LogP contribution in [0.25, 0.3) is 0 Å². The van der Waals surface area contributed by atoms with E-state index in [1.54, 1.807) is 12.3 Å². The van der Waals surface area contributed by atoms with Crippen molar-refractivity contribution in [3.05, 3.63) is 42.1 Å². The van der Waals surface area contributed by atoms with Gasteiger partial charge in [-0.05, 0) is 24.6 Å². The molecule has 0 aliphatic carbocycles. The second-order valence-corrected chi connectivity index (χ2v) is 3.17. The lowest BCUT2D eigenvalue weighted by molar-refractivity contribution is 0.462. The van der Waals surface area contributed by atoms with Gasteiger partial charge in [0.1, 0.15) is 5.75 Å². The van der Waals surface area contributed by atoms with Gasteiger partial charge in [-0.15, -0.1) is 0 Å². The first-order valence-electron chi connectivity index (χ1n) is 4.57. The molecule has 0 unspecified atom stereocenters. The van der Waals surface area contributed by atoms with Crippen molar-refractivity contribution in [2.45, 2.75) is 6.92 Å². The fourth-order valence-corrected chi connectivity index (χ4v) is 1.21. The molecule has 0 aliphatic rings. The van der Waals surface area contributed by atoms with Crippen LogP contribution in [0, 0.1) is 6.92 Å². The second kappa shape index (κ2) is 3.96. The zero-order valence-corrected chi connectivity index (χ0v) is 8.34. The van der Waals surface area contributed by atoms with Gasteiger partial charge in [0.05, 0.1) is 0 Å². The number of ether oxygens (including phenoxy) is 1. The summed E-state index contributed by atoms with van der Waals surface area (Å²) in [7, 11) is 0. The summed E-state index contributed by atoms with van der Waals surface area (Å²) in [5.74, 6) is 1.40. The Kier molecular flexibility index (Phi) is 2.49. The van der Waals surface area contributed by atoms with Gasteiger partial charge in [-0.2, -0.15) is 4.98 Å². The van der Waals surface area contributed by atoms with E-state index in [1.165, 1.54) is 0 Å². The van der Waals surface area contributed by atoms with Gasteiger partial charge in [0, 0.05) is 12.3 Å². The average Bonchev–Trinajstić information content (AvgIpc) is 2.17. The van der Waals surface area contributed by atoms with Crippen molar-refractivity contribution >= 4 is 5.95 Å². The number of hydrogen-bond acceptors (Lipinski definition) is 4. The van der Waals surface area contributed by atoms with Crippen molar-refractivity contribution in [1.29, 1.82) is 0 Å². The quantitative estimate of drug-likeness (QED) is 0.808. The first-order chi connectivity index (χ1) is 7.24. The van der Waals surface area contributed by atoms with Crippen LogP contribution in [-0.2, 0) is 0 Å². The zero-order chi connectivity index (χ0) is 10.7. The SMILES string of the molecule is Cc1cccc(Oc2ccnc(N)n2)c1. The Bertz CT molecular complexity index is 427. The molecule has 1 aromatic heterocycles. The fraction of sp³-hybridized carbons (Fsp3) is 0.0909. The van der Waals surface area contributed by atoms with Crippen LogP contribution in [0.1, 0.15) is 5.56 Å². The number of nitrogens with zero attached hydrogens (tertiary/aromatic N) is 2. The van der Waals surface area contributed by atoms with Crippen molar-refractivity contribution in [3.8, 4) is 11.6 Å². The number of rotatable bonds is 2. The Hall–Kier alpha value is -2.10. The molecule has 0 spiro atoms. The average molecular weight is 201 g/mol. The van der Waals surface area contributed by atoms with Crippen molar-refractivity contribution in [1.82, 2.24) is 9.97 Å². The van der Waals surface area contributed by atoms with E-state index in [0.717, 1.165) is 11.3 Å². The summed E-state index contributed by atoms with van der Waals surface area (Å²) in [4.78, 5) is 7.73. The van der Waals surface area contributed by atoms with Gasteiger partial charge in [0.2, 0.25) is 11.8 Å². The molecule has 0 radical (unpaired) electrons. The van der Waals surface area contributed by atoms with E-state index in [-0.39, 0.29) is 5.95 Å². The van der Waals surface area contributed by atoms with E-state index >= 15 is 0 Å². The molecule has 2 aromatic rings. The standard InChI is InChI=1S/C11H11N3O/c1-8-3-2-4-9(7-8)15-10-5-6-13-11(12)14-10/h2-7H,1H3,(H2,12,13,14). The molecule has 2 N–H and O–H groups in total. The van der Waals surface area contributed by atoms with Gasteiger partial charge >= 0.3 is 0 Å². The number of aromatic nitrogens is 2. The lowest BCUT2D eigenvalue weighted by Crippen LogP contribution is -1.95. The fourth-order valence-electron chi connectivity index (χ4n) is 1.21. The van der Waals surface area contributed by atoms with Crippen LogP contribution in [0.15, 0.2) is 36.5 Å². The number of hydrogen-bond donors (Lipinski definition) is 1. The lowest BCUT2D eigenvalue weighted by Gasteiger charge is -2.04. The van der Waals surface area contributed by atoms with Crippen molar-refractivity contribution in [3.63, 3.8) is 0 Å². The van der Waals surface area contributed by atoms with Crippen LogP contribution >= 0.6 is 0 Å². The maximum Gasteiger partial charge on any atom is 0.224 e. The molecular weight excluding hydrogens is 190 g/mol. The Labute approximate surface area is 87.7 Å². The van der Waals surface area contributed by atoms with Crippen LogP contribution < -0.4 is 10.5 Å². The molecule has 0 saturated heterocycles. The number of nitrogen functional groups attached to an aromatic ring is 1. The van der Waals surface area contributed by atoms with Gasteiger partial charge in [0.15, 0.2) is 0 Å². The largest absolute Gasteiger partial charge is 0.439 e. The van der Waals surface area contributed by atoms with Crippen LogP contribution in [0.2, 0.25) is 0 Å². The molecule has 4 heteroatoms. The molecule has 1 aromatic carbocycles. The summed E-state index contributed by atoms with van der Waals surface area (Å²) in [6.45, 7) is 2.00. The number of anilines is 1. The van der Waals surface area contributed by atoms with Crippen LogP contribution in [-0.4, -0.2) is 9.97 Å². The highest BCUT2D eigenvalue weighted by atomic mass is 16.5. The molecule has 0 bridgehead atoms. The number of aryl methyl sites for hydroxylation is 1. The molecule has 15 heavy (non-hydrogen) atoms. The molecule has 2 rings (SSSR count). The first-order valence-corrected chi connectivity index (χ1v) is 4.57. The smallest absolute Gasteiger partial charge is 0.224 e. The summed E-state index contributed by atoms with van der Waals surface area (Å²) >= 11 is 0. The van der Waals surface area contributed by atoms with Gasteiger partial charge in [-0.1, -0.05) is 12.1 Å². The molecule has 0 amide bonds. The molecule has 0 fully saturated rings. The Morgan fingerprint density at radius 1 is 1.27 bits per heavy atom. The summed E-state index contributed by atoms with van der Waals surface area (Å²) in [6.07, 6.45) is 1.56. The second-order valence-electron chi connectivity index (χ2n) is 3.17. The Balaban J connectivity index is 2.22. The molecule has 4 nitrogen and oxygen atoms in total. The normalized spacial score (nSPS) is 9.93. The third-order valence-corrected chi connectivity index (χ3v) is 1.86. The maximum atomic E-state index is 5.51. The highest BCUT2D eigenvalue weighted by molar-refractivity contribution is 5.31. The highest BCUT2D eigenvalue weighted by Gasteiger charge is 1.99. The first kappa shape index (κ1) is 9.45. The molecule has 0 aliphatic heterocycles. The van der Waals surface area contributed by atoms with E-state index in [0.29, 0.717) is 5.88 Å². The van der Waals surface area contributed by atoms with Crippen molar-refractivity contribution < 1.29 is 4.74 Å². The van der Waals surface area contributed by atoms with Crippen molar-refractivity contribution in [2.75, 3.05) is 5.73 Å². The number of benzene rings is 1. The van der Waals surface area contributed by atoms with Crippen molar-refractivity contribution in [2.24, 2.45) is 0 Å². The van der Waals surface area contributed by atoms with E-state index in [1.807, 2.05) is 31.2 Å². The third-order valence-electron chi connectivity index (χ3n) is 1.86. The monoisotopic (exact) mass is 201 g/mol.